The second kappa shape index (κ2) is 8.04. The highest BCUT2D eigenvalue weighted by atomic mass is 16.5. The number of nitrogens with one attached hydrogen (secondary N) is 1. The SMILES string of the molecule is Cc1nc2ccccn2c1CCC(=O)Nc1ccc(OCC(C)C)cc1. The molecule has 136 valence electrons. The lowest BCUT2D eigenvalue weighted by molar-refractivity contribution is -0.116. The number of hydrogen-bond acceptors (Lipinski definition) is 3. The van der Waals surface area contributed by atoms with Gasteiger partial charge in [0.1, 0.15) is 11.4 Å². The lowest BCUT2D eigenvalue weighted by Crippen LogP contribution is -2.13. The van der Waals surface area contributed by atoms with E-state index in [1.807, 2.05) is 60.0 Å². The van der Waals surface area contributed by atoms with Crippen LogP contribution < -0.4 is 10.1 Å². The van der Waals surface area contributed by atoms with Gasteiger partial charge in [-0.1, -0.05) is 19.9 Å². The van der Waals surface area contributed by atoms with Crippen molar-refractivity contribution < 1.29 is 9.53 Å². The molecular weight excluding hydrogens is 326 g/mol. The van der Waals surface area contributed by atoms with E-state index in [4.69, 9.17) is 4.74 Å². The van der Waals surface area contributed by atoms with Gasteiger partial charge in [-0.05, 0) is 55.7 Å². The number of amides is 1. The molecule has 1 N–H and O–H groups in total. The number of fused-ring (bicyclic) bond motifs is 1. The van der Waals surface area contributed by atoms with Crippen LogP contribution in [0.3, 0.4) is 0 Å². The average molecular weight is 351 g/mol. The molecule has 0 unspecified atom stereocenters. The molecule has 26 heavy (non-hydrogen) atoms. The highest BCUT2D eigenvalue weighted by Gasteiger charge is 2.10. The average Bonchev–Trinajstić information content (AvgIpc) is 2.94. The van der Waals surface area contributed by atoms with Crippen LogP contribution in [0.2, 0.25) is 0 Å². The van der Waals surface area contributed by atoms with Crippen LogP contribution in [0.25, 0.3) is 5.65 Å². The number of carbonyl (C=O) groups excluding carboxylic acids is 1. The fourth-order valence-electron chi connectivity index (χ4n) is 2.82. The minimum atomic E-state index is -0.00821. The highest BCUT2D eigenvalue weighted by Crippen LogP contribution is 2.18. The van der Waals surface area contributed by atoms with Gasteiger partial charge in [0, 0.05) is 24.0 Å². The van der Waals surface area contributed by atoms with E-state index in [-0.39, 0.29) is 5.91 Å². The summed E-state index contributed by atoms with van der Waals surface area (Å²) < 4.78 is 7.70. The van der Waals surface area contributed by atoms with Gasteiger partial charge in [-0.3, -0.25) is 4.79 Å². The molecule has 0 fully saturated rings. The Bertz CT molecular complexity index is 882. The van der Waals surface area contributed by atoms with Crippen LogP contribution in [0.1, 0.15) is 31.7 Å². The van der Waals surface area contributed by atoms with Gasteiger partial charge in [-0.15, -0.1) is 0 Å². The van der Waals surface area contributed by atoms with Crippen molar-refractivity contribution in [2.45, 2.75) is 33.6 Å². The number of carbonyl (C=O) groups is 1. The summed E-state index contributed by atoms with van der Waals surface area (Å²) in [5, 5.41) is 2.94. The van der Waals surface area contributed by atoms with Crippen molar-refractivity contribution in [1.82, 2.24) is 9.38 Å². The Kier molecular flexibility index (Phi) is 5.56. The number of imidazole rings is 1. The molecule has 1 aromatic carbocycles. The van der Waals surface area contributed by atoms with Crippen molar-refractivity contribution in [1.29, 1.82) is 0 Å². The topological polar surface area (TPSA) is 55.6 Å². The lowest BCUT2D eigenvalue weighted by Gasteiger charge is -2.10. The minimum Gasteiger partial charge on any atom is -0.493 e. The minimum absolute atomic E-state index is 0.00821. The van der Waals surface area contributed by atoms with Gasteiger partial charge in [0.2, 0.25) is 5.91 Å². The number of aromatic nitrogens is 2. The summed E-state index contributed by atoms with van der Waals surface area (Å²) in [5.74, 6) is 1.29. The monoisotopic (exact) mass is 351 g/mol. The number of hydrogen-bond donors (Lipinski definition) is 1. The maximum Gasteiger partial charge on any atom is 0.224 e. The summed E-state index contributed by atoms with van der Waals surface area (Å²) >= 11 is 0. The molecule has 0 bridgehead atoms. The molecule has 3 aromatic rings. The van der Waals surface area contributed by atoms with Gasteiger partial charge in [-0.2, -0.15) is 0 Å². The zero-order valence-electron chi connectivity index (χ0n) is 15.5. The summed E-state index contributed by atoms with van der Waals surface area (Å²) in [7, 11) is 0. The van der Waals surface area contributed by atoms with Gasteiger partial charge in [0.15, 0.2) is 0 Å². The lowest BCUT2D eigenvalue weighted by atomic mass is 10.2. The largest absolute Gasteiger partial charge is 0.493 e. The Morgan fingerprint density at radius 1 is 1.19 bits per heavy atom. The Morgan fingerprint density at radius 2 is 1.96 bits per heavy atom. The van der Waals surface area contributed by atoms with E-state index in [2.05, 4.69) is 24.1 Å². The quantitative estimate of drug-likeness (QED) is 0.692. The standard InChI is InChI=1S/C21H25N3O2/c1-15(2)14-26-18-9-7-17(8-10-18)23-21(25)12-11-19-16(3)22-20-6-4-5-13-24(19)20/h4-10,13,15H,11-12,14H2,1-3H3,(H,23,25). The number of benzene rings is 1. The van der Waals surface area contributed by atoms with Gasteiger partial charge in [0.25, 0.3) is 0 Å². The first kappa shape index (κ1) is 18.0. The zero-order valence-corrected chi connectivity index (χ0v) is 15.5. The maximum atomic E-state index is 12.3. The summed E-state index contributed by atoms with van der Waals surface area (Å²) in [4.78, 5) is 16.8. The molecule has 5 nitrogen and oxygen atoms in total. The summed E-state index contributed by atoms with van der Waals surface area (Å²) in [5.41, 5.74) is 3.74. The molecule has 3 rings (SSSR count). The Balaban J connectivity index is 1.56. The second-order valence-corrected chi connectivity index (χ2v) is 6.85. The number of anilines is 1. The third-order valence-corrected chi connectivity index (χ3v) is 4.14. The van der Waals surface area contributed by atoms with Gasteiger partial charge >= 0.3 is 0 Å². The first-order chi connectivity index (χ1) is 12.5. The summed E-state index contributed by atoms with van der Waals surface area (Å²) in [6.45, 7) is 6.89. The van der Waals surface area contributed by atoms with Crippen LogP contribution in [-0.4, -0.2) is 21.9 Å². The van der Waals surface area contributed by atoms with Crippen molar-refractivity contribution >= 4 is 17.2 Å². The molecule has 0 spiro atoms. The summed E-state index contributed by atoms with van der Waals surface area (Å²) in [6, 6.07) is 13.4. The molecule has 0 saturated heterocycles. The summed E-state index contributed by atoms with van der Waals surface area (Å²) in [6.07, 6.45) is 3.05. The van der Waals surface area contributed by atoms with Crippen molar-refractivity contribution in [3.63, 3.8) is 0 Å². The third kappa shape index (κ3) is 4.42. The van der Waals surface area contributed by atoms with Crippen molar-refractivity contribution in [2.24, 2.45) is 5.92 Å². The molecule has 0 aliphatic heterocycles. The van der Waals surface area contributed by atoms with Crippen LogP contribution in [0.5, 0.6) is 5.75 Å². The number of rotatable bonds is 7. The number of pyridine rings is 1. The molecule has 1 amide bonds. The van der Waals surface area contributed by atoms with Crippen LogP contribution in [0, 0.1) is 12.8 Å². The fourth-order valence-corrected chi connectivity index (χ4v) is 2.82. The predicted molar refractivity (Wildman–Crippen MR) is 104 cm³/mol. The Hall–Kier alpha value is -2.82. The maximum absolute atomic E-state index is 12.3. The van der Waals surface area contributed by atoms with Gasteiger partial charge < -0.3 is 14.5 Å². The van der Waals surface area contributed by atoms with Crippen LogP contribution in [-0.2, 0) is 11.2 Å². The molecule has 0 radical (unpaired) electrons. The molecule has 5 heteroatoms. The molecular formula is C21H25N3O2. The van der Waals surface area contributed by atoms with Crippen molar-refractivity contribution in [3.05, 3.63) is 60.0 Å². The van der Waals surface area contributed by atoms with Crippen molar-refractivity contribution in [2.75, 3.05) is 11.9 Å². The number of nitrogens with zero attached hydrogens (tertiary/aromatic N) is 2. The van der Waals surface area contributed by atoms with Crippen molar-refractivity contribution in [3.8, 4) is 5.75 Å². The molecule has 0 atom stereocenters. The Morgan fingerprint density at radius 3 is 2.69 bits per heavy atom. The second-order valence-electron chi connectivity index (χ2n) is 6.85. The van der Waals surface area contributed by atoms with Gasteiger partial charge in [0.05, 0.1) is 12.3 Å². The number of aryl methyl sites for hydroxylation is 2. The third-order valence-electron chi connectivity index (χ3n) is 4.14. The highest BCUT2D eigenvalue weighted by molar-refractivity contribution is 5.90. The first-order valence-electron chi connectivity index (χ1n) is 8.98. The van der Waals surface area contributed by atoms with E-state index in [1.165, 1.54) is 0 Å². The predicted octanol–water partition coefficient (Wildman–Crippen LogP) is 4.25. The van der Waals surface area contributed by atoms with Crippen LogP contribution in [0.15, 0.2) is 48.7 Å². The normalized spacial score (nSPS) is 11.1. The Labute approximate surface area is 154 Å². The number of ether oxygens (including phenoxy) is 1. The van der Waals surface area contributed by atoms with E-state index in [0.29, 0.717) is 25.4 Å². The van der Waals surface area contributed by atoms with E-state index < -0.39 is 0 Å². The molecule has 2 aromatic heterocycles. The van der Waals surface area contributed by atoms with E-state index >= 15 is 0 Å². The van der Waals surface area contributed by atoms with E-state index in [1.54, 1.807) is 0 Å². The van der Waals surface area contributed by atoms with E-state index in [0.717, 1.165) is 28.5 Å². The van der Waals surface area contributed by atoms with Crippen LogP contribution >= 0.6 is 0 Å². The zero-order chi connectivity index (χ0) is 18.5. The van der Waals surface area contributed by atoms with Crippen LogP contribution in [0.4, 0.5) is 5.69 Å². The molecule has 0 aliphatic carbocycles. The first-order valence-corrected chi connectivity index (χ1v) is 8.98. The smallest absolute Gasteiger partial charge is 0.224 e. The molecule has 0 aliphatic rings. The van der Waals surface area contributed by atoms with Gasteiger partial charge in [-0.25, -0.2) is 4.98 Å². The molecule has 2 heterocycles. The van der Waals surface area contributed by atoms with E-state index in [9.17, 15) is 4.79 Å². The molecule has 0 saturated carbocycles. The fraction of sp³-hybridized carbons (Fsp3) is 0.333.